The van der Waals surface area contributed by atoms with Crippen LogP contribution in [0.5, 0.6) is 5.75 Å². The van der Waals surface area contributed by atoms with Crippen molar-refractivity contribution >= 4 is 15.7 Å². The van der Waals surface area contributed by atoms with Gasteiger partial charge in [-0.3, -0.25) is 4.72 Å². The summed E-state index contributed by atoms with van der Waals surface area (Å²) in [4.78, 5) is -0.654. The van der Waals surface area contributed by atoms with Crippen LogP contribution in [0.2, 0.25) is 0 Å². The predicted molar refractivity (Wildman–Crippen MR) is 74.7 cm³/mol. The van der Waals surface area contributed by atoms with Crippen molar-refractivity contribution < 1.29 is 21.9 Å². The summed E-state index contributed by atoms with van der Waals surface area (Å²) >= 11 is 0. The van der Waals surface area contributed by atoms with Crippen molar-refractivity contribution in [3.63, 3.8) is 0 Å². The lowest BCUT2D eigenvalue weighted by Gasteiger charge is -2.09. The van der Waals surface area contributed by atoms with E-state index < -0.39 is 26.6 Å². The summed E-state index contributed by atoms with van der Waals surface area (Å²) in [5, 5.41) is 8.38. The van der Waals surface area contributed by atoms with Gasteiger partial charge in [0.25, 0.3) is 10.0 Å². The second-order valence-electron chi connectivity index (χ2n) is 4.15. The van der Waals surface area contributed by atoms with Crippen LogP contribution in [0.25, 0.3) is 0 Å². The van der Waals surface area contributed by atoms with E-state index in [1.54, 1.807) is 6.07 Å². The van der Waals surface area contributed by atoms with Crippen LogP contribution < -0.4 is 9.46 Å². The molecule has 22 heavy (non-hydrogen) atoms. The topological polar surface area (TPSA) is 79.2 Å². The standard InChI is InChI=1S/C14H10F2N2O3S/c15-10-1-6-14(13(16)9-10)22(19,20)18-11-2-4-12(5-3-11)21-8-7-17/h1-6,9,18H,8H2. The second-order valence-corrected chi connectivity index (χ2v) is 5.80. The van der Waals surface area contributed by atoms with Crippen LogP contribution in [-0.4, -0.2) is 15.0 Å². The lowest BCUT2D eigenvalue weighted by Crippen LogP contribution is -2.14. The van der Waals surface area contributed by atoms with Gasteiger partial charge >= 0.3 is 0 Å². The molecule has 0 aliphatic heterocycles. The van der Waals surface area contributed by atoms with Crippen molar-refractivity contribution in [2.24, 2.45) is 0 Å². The Hall–Kier alpha value is -2.66. The second kappa shape index (κ2) is 6.41. The van der Waals surface area contributed by atoms with Crippen molar-refractivity contribution in [3.05, 3.63) is 54.1 Å². The maximum atomic E-state index is 13.5. The summed E-state index contributed by atoms with van der Waals surface area (Å²) < 4.78 is 57.6. The van der Waals surface area contributed by atoms with E-state index in [1.807, 2.05) is 0 Å². The molecule has 0 bridgehead atoms. The van der Waals surface area contributed by atoms with Crippen molar-refractivity contribution in [2.75, 3.05) is 11.3 Å². The summed E-state index contributed by atoms with van der Waals surface area (Å²) in [7, 11) is -4.18. The maximum absolute atomic E-state index is 13.5. The zero-order valence-corrected chi connectivity index (χ0v) is 11.9. The Labute approximate surface area is 125 Å². The fourth-order valence-corrected chi connectivity index (χ4v) is 2.76. The first-order valence-electron chi connectivity index (χ1n) is 6.00. The quantitative estimate of drug-likeness (QED) is 0.917. The molecule has 2 aromatic carbocycles. The molecule has 0 saturated carbocycles. The van der Waals surface area contributed by atoms with Gasteiger partial charge in [0, 0.05) is 11.8 Å². The number of nitrogens with one attached hydrogen (secondary N) is 1. The van der Waals surface area contributed by atoms with Gasteiger partial charge in [0.05, 0.1) is 0 Å². The highest BCUT2D eigenvalue weighted by atomic mass is 32.2. The van der Waals surface area contributed by atoms with Crippen LogP contribution in [0.3, 0.4) is 0 Å². The van der Waals surface area contributed by atoms with Gasteiger partial charge in [-0.25, -0.2) is 17.2 Å². The molecule has 0 aromatic heterocycles. The van der Waals surface area contributed by atoms with Crippen LogP contribution >= 0.6 is 0 Å². The fraction of sp³-hybridized carbons (Fsp3) is 0.0714. The Balaban J connectivity index is 2.20. The van der Waals surface area contributed by atoms with Gasteiger partial charge in [-0.1, -0.05) is 0 Å². The Morgan fingerprint density at radius 2 is 1.82 bits per heavy atom. The van der Waals surface area contributed by atoms with Crippen LogP contribution in [0.4, 0.5) is 14.5 Å². The van der Waals surface area contributed by atoms with Gasteiger partial charge in [-0.2, -0.15) is 5.26 Å². The van der Waals surface area contributed by atoms with E-state index in [-0.39, 0.29) is 12.3 Å². The number of rotatable bonds is 5. The maximum Gasteiger partial charge on any atom is 0.264 e. The molecule has 2 rings (SSSR count). The first-order valence-corrected chi connectivity index (χ1v) is 7.48. The number of nitrogens with zero attached hydrogens (tertiary/aromatic N) is 1. The zero-order valence-electron chi connectivity index (χ0n) is 11.1. The molecule has 2 aromatic rings. The van der Waals surface area contributed by atoms with Gasteiger partial charge < -0.3 is 4.74 Å². The van der Waals surface area contributed by atoms with E-state index in [0.717, 1.165) is 12.1 Å². The first kappa shape index (κ1) is 15.7. The van der Waals surface area contributed by atoms with E-state index in [4.69, 9.17) is 10.00 Å². The molecule has 8 heteroatoms. The first-order chi connectivity index (χ1) is 10.4. The molecule has 0 saturated heterocycles. The largest absolute Gasteiger partial charge is 0.479 e. The number of hydrogen-bond donors (Lipinski definition) is 1. The molecule has 1 N–H and O–H groups in total. The summed E-state index contributed by atoms with van der Waals surface area (Å²) in [6, 6.07) is 9.69. The lowest BCUT2D eigenvalue weighted by molar-refractivity contribution is 0.368. The summed E-state index contributed by atoms with van der Waals surface area (Å²) in [5.41, 5.74) is 0.174. The molecular formula is C14H10F2N2O3S. The highest BCUT2D eigenvalue weighted by molar-refractivity contribution is 7.92. The minimum atomic E-state index is -4.18. The molecule has 114 valence electrons. The van der Waals surface area contributed by atoms with Crippen molar-refractivity contribution in [3.8, 4) is 11.8 Å². The van der Waals surface area contributed by atoms with Crippen molar-refractivity contribution in [2.45, 2.75) is 4.90 Å². The third kappa shape index (κ3) is 3.71. The van der Waals surface area contributed by atoms with E-state index in [1.165, 1.54) is 24.3 Å². The normalized spacial score (nSPS) is 10.8. The van der Waals surface area contributed by atoms with Gasteiger partial charge in [0.1, 0.15) is 28.3 Å². The van der Waals surface area contributed by atoms with E-state index in [0.29, 0.717) is 11.8 Å². The molecule has 0 aliphatic carbocycles. The van der Waals surface area contributed by atoms with Crippen LogP contribution in [-0.2, 0) is 10.0 Å². The predicted octanol–water partition coefficient (Wildman–Crippen LogP) is 2.67. The highest BCUT2D eigenvalue weighted by Gasteiger charge is 2.19. The highest BCUT2D eigenvalue weighted by Crippen LogP contribution is 2.21. The average molecular weight is 324 g/mol. The summed E-state index contributed by atoms with van der Waals surface area (Å²) in [6.07, 6.45) is 0. The fourth-order valence-electron chi connectivity index (χ4n) is 1.64. The molecule has 0 atom stereocenters. The van der Waals surface area contributed by atoms with Gasteiger partial charge in [0.15, 0.2) is 6.61 Å². The monoisotopic (exact) mass is 324 g/mol. The molecule has 0 amide bonds. The number of anilines is 1. The molecule has 0 heterocycles. The van der Waals surface area contributed by atoms with Crippen molar-refractivity contribution in [1.82, 2.24) is 0 Å². The number of nitriles is 1. The van der Waals surface area contributed by atoms with Gasteiger partial charge in [-0.05, 0) is 36.4 Å². The van der Waals surface area contributed by atoms with E-state index in [9.17, 15) is 17.2 Å². The Bertz CT molecular complexity index is 815. The number of halogens is 2. The molecular weight excluding hydrogens is 314 g/mol. The third-order valence-corrected chi connectivity index (χ3v) is 4.01. The third-order valence-electron chi connectivity index (χ3n) is 2.59. The Morgan fingerprint density at radius 1 is 1.14 bits per heavy atom. The van der Waals surface area contributed by atoms with E-state index in [2.05, 4.69) is 4.72 Å². The number of sulfonamides is 1. The molecule has 0 spiro atoms. The molecule has 0 radical (unpaired) electrons. The zero-order chi connectivity index (χ0) is 16.2. The summed E-state index contributed by atoms with van der Waals surface area (Å²) in [6.45, 7) is -0.133. The number of ether oxygens (including phenoxy) is 1. The Kier molecular flexibility index (Phi) is 4.58. The molecule has 5 nitrogen and oxygen atoms in total. The summed E-state index contributed by atoms with van der Waals surface area (Å²) in [5.74, 6) is -1.66. The minimum Gasteiger partial charge on any atom is -0.479 e. The van der Waals surface area contributed by atoms with E-state index >= 15 is 0 Å². The number of benzene rings is 2. The van der Waals surface area contributed by atoms with Gasteiger partial charge in [-0.15, -0.1) is 0 Å². The Morgan fingerprint density at radius 3 is 2.41 bits per heavy atom. The molecule has 0 fully saturated rings. The minimum absolute atomic E-state index is 0.133. The van der Waals surface area contributed by atoms with Crippen molar-refractivity contribution in [1.29, 1.82) is 5.26 Å². The van der Waals surface area contributed by atoms with Crippen LogP contribution in [0.1, 0.15) is 0 Å². The van der Waals surface area contributed by atoms with Gasteiger partial charge in [0.2, 0.25) is 0 Å². The number of hydrogen-bond acceptors (Lipinski definition) is 4. The van der Waals surface area contributed by atoms with Crippen LogP contribution in [0, 0.1) is 23.0 Å². The lowest BCUT2D eigenvalue weighted by atomic mass is 10.3. The SMILES string of the molecule is N#CCOc1ccc(NS(=O)(=O)c2ccc(F)cc2F)cc1. The van der Waals surface area contributed by atoms with Crippen LogP contribution in [0.15, 0.2) is 47.4 Å². The molecule has 0 aliphatic rings. The average Bonchev–Trinajstić information content (AvgIpc) is 2.45. The molecule has 0 unspecified atom stereocenters. The smallest absolute Gasteiger partial charge is 0.264 e.